The summed E-state index contributed by atoms with van der Waals surface area (Å²) in [5, 5.41) is 12.7. The van der Waals surface area contributed by atoms with E-state index in [4.69, 9.17) is 5.84 Å². The zero-order valence-electron chi connectivity index (χ0n) is 10.4. The lowest BCUT2D eigenvalue weighted by Crippen LogP contribution is -2.35. The van der Waals surface area contributed by atoms with Crippen molar-refractivity contribution in [2.45, 2.75) is 32.3 Å². The Labute approximate surface area is 104 Å². The van der Waals surface area contributed by atoms with Crippen LogP contribution < -0.4 is 16.6 Å². The largest absolute Gasteiger partial charge is 0.388 e. The summed E-state index contributed by atoms with van der Waals surface area (Å²) in [6.07, 6.45) is 1.03. The van der Waals surface area contributed by atoms with Crippen LogP contribution >= 0.6 is 0 Å². The quantitative estimate of drug-likeness (QED) is 0.461. The molecule has 0 aromatic carbocycles. The fraction of sp³-hybridized carbons (Fsp3) is 0.545. The van der Waals surface area contributed by atoms with E-state index in [9.17, 15) is 13.9 Å². The Morgan fingerprint density at radius 3 is 2.33 bits per heavy atom. The van der Waals surface area contributed by atoms with E-state index in [0.29, 0.717) is 18.9 Å². The van der Waals surface area contributed by atoms with Crippen LogP contribution in [0.15, 0.2) is 6.07 Å². The normalized spacial score (nSPS) is 11.4. The topological polar surface area (TPSA) is 83.2 Å². The highest BCUT2D eigenvalue weighted by atomic mass is 19.1. The van der Waals surface area contributed by atoms with Crippen molar-refractivity contribution >= 4 is 11.6 Å². The van der Waals surface area contributed by atoms with Crippen LogP contribution in [0.4, 0.5) is 20.4 Å². The summed E-state index contributed by atoms with van der Waals surface area (Å²) >= 11 is 0. The first-order chi connectivity index (χ1) is 8.45. The fourth-order valence-corrected chi connectivity index (χ4v) is 1.44. The molecule has 1 aromatic rings. The van der Waals surface area contributed by atoms with Crippen molar-refractivity contribution in [3.05, 3.63) is 17.7 Å². The minimum absolute atomic E-state index is 0.125. The Hall–Kier alpha value is -1.47. The summed E-state index contributed by atoms with van der Waals surface area (Å²) in [6, 6.07) is 0.682. The van der Waals surface area contributed by atoms with Crippen LogP contribution in [0.25, 0.3) is 0 Å². The van der Waals surface area contributed by atoms with Crippen molar-refractivity contribution in [1.29, 1.82) is 0 Å². The van der Waals surface area contributed by atoms with E-state index in [1.165, 1.54) is 0 Å². The number of hydrogen-bond acceptors (Lipinski definition) is 5. The van der Waals surface area contributed by atoms with Crippen LogP contribution in [-0.4, -0.2) is 22.2 Å². The average molecular weight is 260 g/mol. The molecule has 1 heterocycles. The number of aliphatic hydroxyl groups is 1. The smallest absolute Gasteiger partial charge is 0.178 e. The van der Waals surface area contributed by atoms with Gasteiger partial charge >= 0.3 is 0 Å². The average Bonchev–Trinajstić information content (AvgIpc) is 2.37. The zero-order chi connectivity index (χ0) is 13.8. The third kappa shape index (κ3) is 3.27. The van der Waals surface area contributed by atoms with Gasteiger partial charge in [0.1, 0.15) is 0 Å². The van der Waals surface area contributed by atoms with Gasteiger partial charge in [0.15, 0.2) is 23.3 Å². The molecule has 5 nitrogen and oxygen atoms in total. The Bertz CT molecular complexity index is 410. The summed E-state index contributed by atoms with van der Waals surface area (Å²) in [5.41, 5.74) is 1.09. The number of anilines is 2. The van der Waals surface area contributed by atoms with Crippen LogP contribution in [0.5, 0.6) is 0 Å². The Morgan fingerprint density at radius 2 is 1.83 bits per heavy atom. The molecule has 0 saturated heterocycles. The van der Waals surface area contributed by atoms with Crippen molar-refractivity contribution in [2.75, 3.05) is 17.3 Å². The van der Waals surface area contributed by atoms with Gasteiger partial charge in [-0.1, -0.05) is 13.8 Å². The molecule has 0 saturated carbocycles. The molecule has 1 aromatic heterocycles. The number of nitrogen functional groups attached to an aromatic ring is 1. The van der Waals surface area contributed by atoms with Gasteiger partial charge in [-0.05, 0) is 12.8 Å². The fourth-order valence-electron chi connectivity index (χ4n) is 1.44. The number of nitrogens with zero attached hydrogens (tertiary/aromatic N) is 1. The van der Waals surface area contributed by atoms with E-state index < -0.39 is 17.2 Å². The molecule has 0 aliphatic rings. The number of hydrogen-bond donors (Lipinski definition) is 4. The van der Waals surface area contributed by atoms with E-state index in [2.05, 4.69) is 10.3 Å². The first kappa shape index (κ1) is 14.6. The molecule has 1 rings (SSSR count). The number of pyridine rings is 1. The minimum Gasteiger partial charge on any atom is -0.388 e. The highest BCUT2D eigenvalue weighted by molar-refractivity contribution is 5.47. The van der Waals surface area contributed by atoms with Gasteiger partial charge in [0.2, 0.25) is 0 Å². The summed E-state index contributed by atoms with van der Waals surface area (Å²) in [7, 11) is 0. The third-order valence-electron chi connectivity index (χ3n) is 2.97. The second kappa shape index (κ2) is 5.92. The van der Waals surface area contributed by atoms with E-state index in [0.717, 1.165) is 0 Å². The first-order valence-corrected chi connectivity index (χ1v) is 5.74. The highest BCUT2D eigenvalue weighted by Crippen LogP contribution is 2.20. The third-order valence-corrected chi connectivity index (χ3v) is 2.97. The Morgan fingerprint density at radius 1 is 1.28 bits per heavy atom. The van der Waals surface area contributed by atoms with Crippen molar-refractivity contribution in [2.24, 2.45) is 5.84 Å². The monoisotopic (exact) mass is 260 g/mol. The van der Waals surface area contributed by atoms with Gasteiger partial charge < -0.3 is 15.8 Å². The van der Waals surface area contributed by atoms with E-state index in [-0.39, 0.29) is 18.2 Å². The maximum atomic E-state index is 13.4. The molecule has 0 bridgehead atoms. The van der Waals surface area contributed by atoms with Crippen LogP contribution in [0.1, 0.15) is 26.7 Å². The first-order valence-electron chi connectivity index (χ1n) is 5.74. The van der Waals surface area contributed by atoms with Gasteiger partial charge in [-0.3, -0.25) is 0 Å². The van der Waals surface area contributed by atoms with Crippen LogP contribution in [0.2, 0.25) is 0 Å². The number of nitrogens with two attached hydrogens (primary N) is 1. The minimum atomic E-state index is -0.946. The van der Waals surface area contributed by atoms with Gasteiger partial charge in [-0.2, -0.15) is 0 Å². The number of hydrazine groups is 1. The maximum Gasteiger partial charge on any atom is 0.178 e. The Kier molecular flexibility index (Phi) is 4.80. The van der Waals surface area contributed by atoms with Crippen molar-refractivity contribution < 1.29 is 13.9 Å². The lowest BCUT2D eigenvalue weighted by Gasteiger charge is -2.25. The molecule has 18 heavy (non-hydrogen) atoms. The molecule has 0 unspecified atom stereocenters. The Balaban J connectivity index is 2.85. The molecule has 0 aliphatic heterocycles. The molecule has 0 fully saturated rings. The number of aromatic nitrogens is 1. The second-order valence-corrected chi connectivity index (χ2v) is 4.08. The number of rotatable bonds is 6. The molecule has 0 aliphatic carbocycles. The van der Waals surface area contributed by atoms with Gasteiger partial charge in [0.05, 0.1) is 5.60 Å². The predicted octanol–water partition coefficient (Wildman–Crippen LogP) is 1.61. The van der Waals surface area contributed by atoms with Gasteiger partial charge in [-0.25, -0.2) is 19.6 Å². The van der Waals surface area contributed by atoms with Crippen LogP contribution in [0.3, 0.4) is 0 Å². The molecular weight excluding hydrogens is 242 g/mol. The van der Waals surface area contributed by atoms with Crippen molar-refractivity contribution in [1.82, 2.24) is 4.98 Å². The summed E-state index contributed by atoms with van der Waals surface area (Å²) in [4.78, 5) is 3.65. The van der Waals surface area contributed by atoms with Gasteiger partial charge in [0.25, 0.3) is 0 Å². The molecule has 0 spiro atoms. The highest BCUT2D eigenvalue weighted by Gasteiger charge is 2.23. The van der Waals surface area contributed by atoms with Gasteiger partial charge in [-0.15, -0.1) is 0 Å². The van der Waals surface area contributed by atoms with Crippen molar-refractivity contribution in [3.63, 3.8) is 0 Å². The van der Waals surface area contributed by atoms with Crippen LogP contribution in [-0.2, 0) is 0 Å². The van der Waals surface area contributed by atoms with Gasteiger partial charge in [0, 0.05) is 12.6 Å². The molecule has 0 atom stereocenters. The molecule has 0 radical (unpaired) electrons. The lowest BCUT2D eigenvalue weighted by atomic mass is 9.98. The van der Waals surface area contributed by atoms with E-state index >= 15 is 0 Å². The van der Waals surface area contributed by atoms with Crippen LogP contribution in [0, 0.1) is 11.6 Å². The zero-order valence-corrected chi connectivity index (χ0v) is 10.4. The molecule has 0 amide bonds. The van der Waals surface area contributed by atoms with E-state index in [1.807, 2.05) is 19.3 Å². The molecular formula is C11H18F2N4O. The maximum absolute atomic E-state index is 13.4. The molecule has 5 N–H and O–H groups in total. The molecule has 7 heteroatoms. The summed E-state index contributed by atoms with van der Waals surface area (Å²) in [5.74, 6) is 2.94. The number of nitrogens with one attached hydrogen (secondary N) is 2. The standard InChI is InChI=1S/C11H18F2N4O/c1-3-11(18,4-2)6-15-9-7(12)5-8(13)10(16-9)17-14/h5,18H,3-4,6,14H2,1-2H3,(H2,15,16,17). The van der Waals surface area contributed by atoms with E-state index in [1.54, 1.807) is 0 Å². The summed E-state index contributed by atoms with van der Waals surface area (Å²) < 4.78 is 26.5. The van der Waals surface area contributed by atoms with Crippen molar-refractivity contribution in [3.8, 4) is 0 Å². The number of halogens is 2. The second-order valence-electron chi connectivity index (χ2n) is 4.08. The predicted molar refractivity (Wildman–Crippen MR) is 66.0 cm³/mol. The molecule has 102 valence electrons. The lowest BCUT2D eigenvalue weighted by molar-refractivity contribution is 0.0455. The summed E-state index contributed by atoms with van der Waals surface area (Å²) in [6.45, 7) is 3.78. The SMILES string of the molecule is CCC(O)(CC)CNc1nc(NN)c(F)cc1F.